The molecule has 12 heteroatoms. The quantitative estimate of drug-likeness (QED) is 0.329. The molecule has 0 saturated carbocycles. The molecule has 0 amide bonds. The number of anilines is 1. The summed E-state index contributed by atoms with van der Waals surface area (Å²) in [5.41, 5.74) is 1.61. The first-order valence-corrected chi connectivity index (χ1v) is 14.6. The normalized spacial score (nSPS) is 15.1. The molecule has 198 valence electrons. The molecule has 0 unspecified atom stereocenters. The molecule has 4 aromatic rings. The number of alkyl halides is 3. The minimum absolute atomic E-state index is 0.0733. The van der Waals surface area contributed by atoms with Gasteiger partial charge in [0.1, 0.15) is 10.8 Å². The fourth-order valence-electron chi connectivity index (χ4n) is 4.38. The van der Waals surface area contributed by atoms with Crippen molar-refractivity contribution in [3.8, 4) is 22.4 Å². The smallest absolute Gasteiger partial charge is 0.353 e. The van der Waals surface area contributed by atoms with Crippen molar-refractivity contribution in [1.82, 2.24) is 19.9 Å². The van der Waals surface area contributed by atoms with Gasteiger partial charge in [-0.2, -0.15) is 13.2 Å². The maximum absolute atomic E-state index is 14.0. The van der Waals surface area contributed by atoms with Crippen LogP contribution in [0.2, 0.25) is 0 Å². The lowest BCUT2D eigenvalue weighted by Crippen LogP contribution is -2.46. The van der Waals surface area contributed by atoms with Gasteiger partial charge in [0.05, 0.1) is 22.7 Å². The van der Waals surface area contributed by atoms with Crippen LogP contribution in [0.15, 0.2) is 71.1 Å². The van der Waals surface area contributed by atoms with Gasteiger partial charge >= 0.3 is 6.18 Å². The van der Waals surface area contributed by atoms with Crippen LogP contribution in [0.25, 0.3) is 22.4 Å². The highest BCUT2D eigenvalue weighted by Crippen LogP contribution is 2.40. The van der Waals surface area contributed by atoms with Gasteiger partial charge < -0.3 is 4.90 Å². The molecule has 2 aromatic heterocycles. The number of aromatic nitrogens is 3. The Kier molecular flexibility index (Phi) is 7.21. The van der Waals surface area contributed by atoms with Crippen molar-refractivity contribution in [3.63, 3.8) is 0 Å². The highest BCUT2D eigenvalue weighted by Gasteiger charge is 2.38. The van der Waals surface area contributed by atoms with Gasteiger partial charge in [-0.15, -0.1) is 11.3 Å². The first-order valence-electron chi connectivity index (χ1n) is 11.8. The molecule has 1 aliphatic heterocycles. The van der Waals surface area contributed by atoms with E-state index in [9.17, 15) is 21.6 Å². The molecule has 38 heavy (non-hydrogen) atoms. The number of hydrogen-bond acceptors (Lipinski definition) is 8. The minimum atomic E-state index is -4.77. The highest BCUT2D eigenvalue weighted by molar-refractivity contribution is 7.90. The van der Waals surface area contributed by atoms with Gasteiger partial charge in [0.25, 0.3) is 0 Å². The summed E-state index contributed by atoms with van der Waals surface area (Å²) in [5.74, 6) is -1.03. The number of hydrogen-bond donors (Lipinski definition) is 0. The molecular weight excluding hydrogens is 535 g/mol. The number of sulfone groups is 1. The van der Waals surface area contributed by atoms with Gasteiger partial charge in [0.15, 0.2) is 9.84 Å². The second-order valence-corrected chi connectivity index (χ2v) is 11.9. The van der Waals surface area contributed by atoms with Gasteiger partial charge in [-0.3, -0.25) is 4.90 Å². The zero-order valence-corrected chi connectivity index (χ0v) is 22.0. The lowest BCUT2D eigenvalue weighted by Gasteiger charge is -2.36. The average molecular weight is 560 g/mol. The Morgan fingerprint density at radius 2 is 1.61 bits per heavy atom. The first kappa shape index (κ1) is 26.3. The first-order chi connectivity index (χ1) is 18.1. The zero-order valence-electron chi connectivity index (χ0n) is 20.4. The second-order valence-electron chi connectivity index (χ2n) is 8.94. The van der Waals surface area contributed by atoms with E-state index >= 15 is 0 Å². The molecule has 0 atom stereocenters. The van der Waals surface area contributed by atoms with E-state index in [1.807, 2.05) is 28.5 Å². The van der Waals surface area contributed by atoms with Gasteiger partial charge in [0, 0.05) is 49.6 Å². The Labute approximate surface area is 222 Å². The number of piperazine rings is 1. The second kappa shape index (κ2) is 10.4. The van der Waals surface area contributed by atoms with E-state index in [4.69, 9.17) is 0 Å². The summed E-state index contributed by atoms with van der Waals surface area (Å²) in [6.07, 6.45) is -1.93. The Bertz CT molecular complexity index is 1500. The van der Waals surface area contributed by atoms with Crippen LogP contribution in [0.4, 0.5) is 19.0 Å². The van der Waals surface area contributed by atoms with Crippen LogP contribution >= 0.6 is 11.3 Å². The SMILES string of the molecule is CS(=O)(=O)c1ccc(-c2nc(C(F)(F)F)nc(N3CCN(Cc4nccs4)CC3)c2-c2ccccc2)cc1. The Hall–Kier alpha value is -3.35. The van der Waals surface area contributed by atoms with Crippen LogP contribution in [-0.4, -0.2) is 60.7 Å². The molecule has 1 saturated heterocycles. The van der Waals surface area contributed by atoms with E-state index in [1.165, 1.54) is 24.3 Å². The summed E-state index contributed by atoms with van der Waals surface area (Å²) in [4.78, 5) is 16.5. The van der Waals surface area contributed by atoms with Crippen molar-refractivity contribution >= 4 is 27.0 Å². The fourth-order valence-corrected chi connectivity index (χ4v) is 5.67. The van der Waals surface area contributed by atoms with Gasteiger partial charge in [-0.1, -0.05) is 42.5 Å². The molecule has 0 aliphatic carbocycles. The van der Waals surface area contributed by atoms with E-state index in [1.54, 1.807) is 29.7 Å². The van der Waals surface area contributed by atoms with Crippen LogP contribution in [0, 0.1) is 0 Å². The van der Waals surface area contributed by atoms with Crippen molar-refractivity contribution in [3.05, 3.63) is 77.0 Å². The molecule has 3 heterocycles. The molecule has 0 bridgehead atoms. The van der Waals surface area contributed by atoms with Crippen LogP contribution in [0.5, 0.6) is 0 Å². The van der Waals surface area contributed by atoms with E-state index in [0.717, 1.165) is 11.3 Å². The Balaban J connectivity index is 1.60. The van der Waals surface area contributed by atoms with Crippen molar-refractivity contribution in [1.29, 1.82) is 0 Å². The number of rotatable bonds is 6. The number of halogens is 3. The molecule has 1 fully saturated rings. The van der Waals surface area contributed by atoms with Crippen molar-refractivity contribution < 1.29 is 21.6 Å². The third-order valence-electron chi connectivity index (χ3n) is 6.28. The van der Waals surface area contributed by atoms with Gasteiger partial charge in [-0.25, -0.2) is 23.4 Å². The molecule has 0 N–H and O–H groups in total. The maximum atomic E-state index is 14.0. The molecular formula is C26H24F3N5O2S2. The lowest BCUT2D eigenvalue weighted by atomic mass is 9.98. The van der Waals surface area contributed by atoms with E-state index < -0.39 is 21.8 Å². The fraction of sp³-hybridized carbons (Fsp3) is 0.269. The third-order valence-corrected chi connectivity index (χ3v) is 8.17. The standard InChI is InChI=1S/C26H24F3N5O2S2/c1-38(35,36)20-9-7-19(8-10-20)23-22(18-5-3-2-4-6-18)24(32-25(31-23)26(27,28)29)34-14-12-33(13-15-34)17-21-30-11-16-37-21/h2-11,16H,12-15,17H2,1H3. The summed E-state index contributed by atoms with van der Waals surface area (Å²) in [5, 5.41) is 2.91. The number of benzene rings is 2. The Morgan fingerprint density at radius 3 is 2.18 bits per heavy atom. The molecule has 5 rings (SSSR count). The van der Waals surface area contributed by atoms with Crippen molar-refractivity contribution in [2.45, 2.75) is 17.6 Å². The molecule has 0 radical (unpaired) electrons. The maximum Gasteiger partial charge on any atom is 0.451 e. The van der Waals surface area contributed by atoms with E-state index in [-0.39, 0.29) is 16.4 Å². The molecule has 7 nitrogen and oxygen atoms in total. The summed E-state index contributed by atoms with van der Waals surface area (Å²) in [6, 6.07) is 14.8. The van der Waals surface area contributed by atoms with Gasteiger partial charge in [-0.05, 0) is 17.7 Å². The van der Waals surface area contributed by atoms with Crippen LogP contribution in [-0.2, 0) is 22.6 Å². The lowest BCUT2D eigenvalue weighted by molar-refractivity contribution is -0.144. The largest absolute Gasteiger partial charge is 0.451 e. The zero-order chi connectivity index (χ0) is 26.9. The minimum Gasteiger partial charge on any atom is -0.353 e. The topological polar surface area (TPSA) is 79.3 Å². The van der Waals surface area contributed by atoms with E-state index in [2.05, 4.69) is 19.9 Å². The summed E-state index contributed by atoms with van der Waals surface area (Å²) in [7, 11) is -3.47. The van der Waals surface area contributed by atoms with Crippen molar-refractivity contribution in [2.75, 3.05) is 37.3 Å². The predicted molar refractivity (Wildman–Crippen MR) is 141 cm³/mol. The molecule has 1 aliphatic rings. The van der Waals surface area contributed by atoms with E-state index in [0.29, 0.717) is 49.4 Å². The van der Waals surface area contributed by atoms with Crippen LogP contribution in [0.3, 0.4) is 0 Å². The Morgan fingerprint density at radius 1 is 0.921 bits per heavy atom. The van der Waals surface area contributed by atoms with Crippen LogP contribution < -0.4 is 4.90 Å². The summed E-state index contributed by atoms with van der Waals surface area (Å²) in [6.45, 7) is 2.92. The van der Waals surface area contributed by atoms with Crippen molar-refractivity contribution in [2.24, 2.45) is 0 Å². The number of thiazole rings is 1. The third kappa shape index (κ3) is 5.71. The number of nitrogens with zero attached hydrogens (tertiary/aromatic N) is 5. The van der Waals surface area contributed by atoms with Crippen LogP contribution in [0.1, 0.15) is 10.8 Å². The predicted octanol–water partition coefficient (Wildman–Crippen LogP) is 5.01. The summed E-state index contributed by atoms with van der Waals surface area (Å²) >= 11 is 1.57. The molecule has 2 aromatic carbocycles. The van der Waals surface area contributed by atoms with Gasteiger partial charge in [0.2, 0.25) is 5.82 Å². The molecule has 0 spiro atoms. The highest BCUT2D eigenvalue weighted by atomic mass is 32.2. The average Bonchev–Trinajstić information content (AvgIpc) is 3.41. The monoisotopic (exact) mass is 559 g/mol. The summed E-state index contributed by atoms with van der Waals surface area (Å²) < 4.78 is 66.0.